The Hall–Kier alpha value is -0.830. The molecule has 1 aliphatic rings. The Labute approximate surface area is 91.7 Å². The van der Waals surface area contributed by atoms with Crippen LogP contribution in [-0.2, 0) is 0 Å². The van der Waals surface area contributed by atoms with Crippen molar-refractivity contribution in [1.82, 2.24) is 9.55 Å². The summed E-state index contributed by atoms with van der Waals surface area (Å²) in [7, 11) is 0. The number of nitrogens with zero attached hydrogens (tertiary/aromatic N) is 2. The summed E-state index contributed by atoms with van der Waals surface area (Å²) in [5, 5.41) is 0. The SMILES string of the molecule is CC(C)c1nccn1C1CCC(N)CC1. The molecule has 15 heavy (non-hydrogen) atoms. The van der Waals surface area contributed by atoms with E-state index >= 15 is 0 Å². The van der Waals surface area contributed by atoms with Gasteiger partial charge in [-0.05, 0) is 25.7 Å². The van der Waals surface area contributed by atoms with Gasteiger partial charge in [-0.3, -0.25) is 0 Å². The number of nitrogens with two attached hydrogens (primary N) is 1. The third kappa shape index (κ3) is 2.23. The fourth-order valence-electron chi connectivity index (χ4n) is 2.46. The van der Waals surface area contributed by atoms with Gasteiger partial charge in [-0.2, -0.15) is 0 Å². The summed E-state index contributed by atoms with van der Waals surface area (Å²) in [6.45, 7) is 4.40. The van der Waals surface area contributed by atoms with E-state index in [2.05, 4.69) is 29.6 Å². The lowest BCUT2D eigenvalue weighted by atomic mass is 9.91. The van der Waals surface area contributed by atoms with E-state index in [-0.39, 0.29) is 0 Å². The van der Waals surface area contributed by atoms with E-state index in [1.54, 1.807) is 0 Å². The smallest absolute Gasteiger partial charge is 0.111 e. The van der Waals surface area contributed by atoms with Gasteiger partial charge in [0.1, 0.15) is 5.82 Å². The summed E-state index contributed by atoms with van der Waals surface area (Å²) in [5.74, 6) is 1.73. The molecule has 3 nitrogen and oxygen atoms in total. The average Bonchev–Trinajstić information content (AvgIpc) is 2.67. The van der Waals surface area contributed by atoms with E-state index in [1.807, 2.05) is 6.20 Å². The minimum Gasteiger partial charge on any atom is -0.332 e. The molecule has 1 aromatic rings. The molecule has 0 aliphatic heterocycles. The Kier molecular flexibility index (Phi) is 3.10. The van der Waals surface area contributed by atoms with E-state index in [0.29, 0.717) is 18.0 Å². The zero-order valence-electron chi connectivity index (χ0n) is 9.69. The maximum absolute atomic E-state index is 5.92. The van der Waals surface area contributed by atoms with Crippen molar-refractivity contribution in [1.29, 1.82) is 0 Å². The lowest BCUT2D eigenvalue weighted by molar-refractivity contribution is 0.315. The molecular formula is C12H21N3. The Morgan fingerprint density at radius 1 is 1.33 bits per heavy atom. The lowest BCUT2D eigenvalue weighted by Gasteiger charge is -2.28. The quantitative estimate of drug-likeness (QED) is 0.809. The normalized spacial score (nSPS) is 27.2. The Balaban J connectivity index is 2.12. The molecule has 0 radical (unpaired) electrons. The molecule has 2 rings (SSSR count). The van der Waals surface area contributed by atoms with E-state index in [4.69, 9.17) is 5.73 Å². The molecule has 1 aliphatic carbocycles. The number of rotatable bonds is 2. The third-order valence-electron chi connectivity index (χ3n) is 3.35. The summed E-state index contributed by atoms with van der Waals surface area (Å²) in [6.07, 6.45) is 8.76. The highest BCUT2D eigenvalue weighted by molar-refractivity contribution is 5.00. The highest BCUT2D eigenvalue weighted by Crippen LogP contribution is 2.30. The lowest BCUT2D eigenvalue weighted by Crippen LogP contribution is -2.28. The first-order valence-electron chi connectivity index (χ1n) is 5.96. The second-order valence-electron chi connectivity index (χ2n) is 4.92. The summed E-state index contributed by atoms with van der Waals surface area (Å²) < 4.78 is 2.36. The zero-order valence-corrected chi connectivity index (χ0v) is 9.69. The molecule has 1 aromatic heterocycles. The van der Waals surface area contributed by atoms with Gasteiger partial charge in [0.15, 0.2) is 0 Å². The number of hydrogen-bond acceptors (Lipinski definition) is 2. The summed E-state index contributed by atoms with van der Waals surface area (Å²) in [6, 6.07) is 1.05. The maximum Gasteiger partial charge on any atom is 0.111 e. The fraction of sp³-hybridized carbons (Fsp3) is 0.750. The molecule has 0 spiro atoms. The van der Waals surface area contributed by atoms with Crippen LogP contribution in [0, 0.1) is 0 Å². The van der Waals surface area contributed by atoms with E-state index in [0.717, 1.165) is 12.8 Å². The van der Waals surface area contributed by atoms with Crippen LogP contribution in [0.15, 0.2) is 12.4 Å². The first kappa shape index (κ1) is 10.7. The van der Waals surface area contributed by atoms with Gasteiger partial charge >= 0.3 is 0 Å². The van der Waals surface area contributed by atoms with Crippen molar-refractivity contribution in [3.05, 3.63) is 18.2 Å². The van der Waals surface area contributed by atoms with Gasteiger partial charge in [-0.15, -0.1) is 0 Å². The summed E-state index contributed by atoms with van der Waals surface area (Å²) >= 11 is 0. The van der Waals surface area contributed by atoms with Crippen LogP contribution in [0.4, 0.5) is 0 Å². The number of aromatic nitrogens is 2. The number of imidazole rings is 1. The minimum absolute atomic E-state index is 0.423. The predicted octanol–water partition coefficient (Wildman–Crippen LogP) is 2.45. The van der Waals surface area contributed by atoms with E-state index in [1.165, 1.54) is 18.7 Å². The van der Waals surface area contributed by atoms with Crippen molar-refractivity contribution in [3.63, 3.8) is 0 Å². The van der Waals surface area contributed by atoms with Gasteiger partial charge in [0.05, 0.1) is 0 Å². The van der Waals surface area contributed by atoms with Crippen LogP contribution in [0.2, 0.25) is 0 Å². The topological polar surface area (TPSA) is 43.8 Å². The van der Waals surface area contributed by atoms with Crippen molar-refractivity contribution in [2.24, 2.45) is 5.73 Å². The monoisotopic (exact) mass is 207 g/mol. The minimum atomic E-state index is 0.423. The van der Waals surface area contributed by atoms with Gasteiger partial charge in [-0.25, -0.2) is 4.98 Å². The molecular weight excluding hydrogens is 186 g/mol. The molecule has 84 valence electrons. The maximum atomic E-state index is 5.92. The summed E-state index contributed by atoms with van der Waals surface area (Å²) in [5.41, 5.74) is 5.92. The third-order valence-corrected chi connectivity index (χ3v) is 3.35. The zero-order chi connectivity index (χ0) is 10.8. The molecule has 1 heterocycles. The molecule has 3 heteroatoms. The highest BCUT2D eigenvalue weighted by Gasteiger charge is 2.22. The molecule has 1 saturated carbocycles. The van der Waals surface area contributed by atoms with Gasteiger partial charge in [0.25, 0.3) is 0 Å². The van der Waals surface area contributed by atoms with Gasteiger partial charge in [0.2, 0.25) is 0 Å². The average molecular weight is 207 g/mol. The molecule has 2 N–H and O–H groups in total. The van der Waals surface area contributed by atoms with E-state index < -0.39 is 0 Å². The molecule has 0 aromatic carbocycles. The first-order valence-corrected chi connectivity index (χ1v) is 5.96. The van der Waals surface area contributed by atoms with Crippen LogP contribution < -0.4 is 5.73 Å². The van der Waals surface area contributed by atoms with Gasteiger partial charge in [-0.1, -0.05) is 13.8 Å². The first-order chi connectivity index (χ1) is 7.18. The Morgan fingerprint density at radius 2 is 2.00 bits per heavy atom. The molecule has 0 amide bonds. The fourth-order valence-corrected chi connectivity index (χ4v) is 2.46. The molecule has 0 atom stereocenters. The van der Waals surface area contributed by atoms with Crippen molar-refractivity contribution in [2.75, 3.05) is 0 Å². The van der Waals surface area contributed by atoms with Crippen molar-refractivity contribution >= 4 is 0 Å². The van der Waals surface area contributed by atoms with Crippen molar-refractivity contribution in [3.8, 4) is 0 Å². The molecule has 1 fully saturated rings. The molecule has 0 unspecified atom stereocenters. The molecule has 0 saturated heterocycles. The van der Waals surface area contributed by atoms with Crippen LogP contribution in [0.5, 0.6) is 0 Å². The predicted molar refractivity (Wildman–Crippen MR) is 61.8 cm³/mol. The summed E-state index contributed by atoms with van der Waals surface area (Å²) in [4.78, 5) is 4.44. The van der Waals surface area contributed by atoms with Gasteiger partial charge in [0, 0.05) is 30.4 Å². The van der Waals surface area contributed by atoms with E-state index in [9.17, 15) is 0 Å². The van der Waals surface area contributed by atoms with Crippen LogP contribution >= 0.6 is 0 Å². The highest BCUT2D eigenvalue weighted by atomic mass is 15.1. The second kappa shape index (κ2) is 4.35. The van der Waals surface area contributed by atoms with Gasteiger partial charge < -0.3 is 10.3 Å². The van der Waals surface area contributed by atoms with Crippen molar-refractivity contribution < 1.29 is 0 Å². The standard InChI is InChI=1S/C12H21N3/c1-9(2)12-14-7-8-15(12)11-5-3-10(13)4-6-11/h7-11H,3-6,13H2,1-2H3. The Bertz CT molecular complexity index is 308. The van der Waals surface area contributed by atoms with Crippen LogP contribution in [-0.4, -0.2) is 15.6 Å². The van der Waals surface area contributed by atoms with Crippen LogP contribution in [0.3, 0.4) is 0 Å². The van der Waals surface area contributed by atoms with Crippen LogP contribution in [0.1, 0.15) is 57.3 Å². The van der Waals surface area contributed by atoms with Crippen LogP contribution in [0.25, 0.3) is 0 Å². The Morgan fingerprint density at radius 3 is 2.60 bits per heavy atom. The largest absolute Gasteiger partial charge is 0.332 e. The number of hydrogen-bond donors (Lipinski definition) is 1. The molecule has 0 bridgehead atoms. The van der Waals surface area contributed by atoms with Crippen molar-refractivity contribution in [2.45, 2.75) is 57.5 Å². The second-order valence-corrected chi connectivity index (χ2v) is 4.92.